The lowest BCUT2D eigenvalue weighted by Gasteiger charge is -2.21. The van der Waals surface area contributed by atoms with Crippen LogP contribution in [0.25, 0.3) is 0 Å². The van der Waals surface area contributed by atoms with E-state index in [1.165, 1.54) is 18.2 Å². The third-order valence-corrected chi connectivity index (χ3v) is 3.89. The van der Waals surface area contributed by atoms with Crippen LogP contribution in [0.1, 0.15) is 26.2 Å². The maximum atomic E-state index is 12.3. The molecular weight excluding hydrogens is 323 g/mol. The van der Waals surface area contributed by atoms with Crippen molar-refractivity contribution in [2.24, 2.45) is 5.73 Å². The van der Waals surface area contributed by atoms with E-state index in [-0.39, 0.29) is 17.7 Å². The molecule has 0 bridgehead atoms. The first-order valence-electron chi connectivity index (χ1n) is 7.95. The topological polar surface area (TPSA) is 67.6 Å². The molecule has 5 nitrogen and oxygen atoms in total. The SMILES string of the molecule is CCCC(N)C(=O)NC1CCN(c2cccc(OC(F)(F)F)c2)C1. The molecule has 8 heteroatoms. The molecule has 24 heavy (non-hydrogen) atoms. The molecule has 1 aliphatic rings. The lowest BCUT2D eigenvalue weighted by atomic mass is 10.1. The van der Waals surface area contributed by atoms with Crippen LogP contribution in [-0.2, 0) is 4.79 Å². The van der Waals surface area contributed by atoms with E-state index < -0.39 is 12.4 Å². The van der Waals surface area contributed by atoms with Gasteiger partial charge in [0.2, 0.25) is 5.91 Å². The highest BCUT2D eigenvalue weighted by Gasteiger charge is 2.31. The molecule has 3 N–H and O–H groups in total. The van der Waals surface area contributed by atoms with E-state index in [1.54, 1.807) is 6.07 Å². The van der Waals surface area contributed by atoms with E-state index in [0.29, 0.717) is 25.2 Å². The summed E-state index contributed by atoms with van der Waals surface area (Å²) in [5, 5.41) is 2.90. The van der Waals surface area contributed by atoms with Crippen LogP contribution in [0, 0.1) is 0 Å². The molecule has 0 aliphatic carbocycles. The van der Waals surface area contributed by atoms with Crippen molar-refractivity contribution in [2.75, 3.05) is 18.0 Å². The zero-order valence-corrected chi connectivity index (χ0v) is 13.5. The number of hydrogen-bond acceptors (Lipinski definition) is 4. The molecular formula is C16H22F3N3O2. The highest BCUT2D eigenvalue weighted by molar-refractivity contribution is 5.81. The molecule has 0 saturated carbocycles. The van der Waals surface area contributed by atoms with Crippen molar-refractivity contribution in [1.29, 1.82) is 0 Å². The Bertz CT molecular complexity index is 566. The molecule has 134 valence electrons. The van der Waals surface area contributed by atoms with Crippen molar-refractivity contribution in [2.45, 2.75) is 44.6 Å². The van der Waals surface area contributed by atoms with Crippen LogP contribution < -0.4 is 20.7 Å². The number of rotatable bonds is 6. The normalized spacial score (nSPS) is 19.2. The summed E-state index contributed by atoms with van der Waals surface area (Å²) in [5.41, 5.74) is 6.41. The third-order valence-electron chi connectivity index (χ3n) is 3.89. The van der Waals surface area contributed by atoms with Gasteiger partial charge in [-0.1, -0.05) is 19.4 Å². The van der Waals surface area contributed by atoms with Gasteiger partial charge in [0.05, 0.1) is 6.04 Å². The van der Waals surface area contributed by atoms with Gasteiger partial charge in [-0.25, -0.2) is 0 Å². The second kappa shape index (κ2) is 7.74. The van der Waals surface area contributed by atoms with Gasteiger partial charge in [-0.2, -0.15) is 0 Å². The fourth-order valence-corrected chi connectivity index (χ4v) is 2.74. The Morgan fingerprint density at radius 3 is 2.92 bits per heavy atom. The maximum absolute atomic E-state index is 12.3. The zero-order chi connectivity index (χ0) is 17.7. The summed E-state index contributed by atoms with van der Waals surface area (Å²) in [6.07, 6.45) is -2.54. The Balaban J connectivity index is 1.93. The molecule has 1 saturated heterocycles. The molecule has 1 aliphatic heterocycles. The number of nitrogens with one attached hydrogen (secondary N) is 1. The van der Waals surface area contributed by atoms with E-state index in [4.69, 9.17) is 5.73 Å². The minimum Gasteiger partial charge on any atom is -0.406 e. The van der Waals surface area contributed by atoms with Crippen molar-refractivity contribution >= 4 is 11.6 Å². The average Bonchev–Trinajstić information content (AvgIpc) is 2.94. The largest absolute Gasteiger partial charge is 0.573 e. The smallest absolute Gasteiger partial charge is 0.406 e. The zero-order valence-electron chi connectivity index (χ0n) is 13.5. The maximum Gasteiger partial charge on any atom is 0.573 e. The Hall–Kier alpha value is -1.96. The van der Waals surface area contributed by atoms with Crippen LogP contribution >= 0.6 is 0 Å². The summed E-state index contributed by atoms with van der Waals surface area (Å²) in [4.78, 5) is 13.9. The van der Waals surface area contributed by atoms with Crippen LogP contribution in [0.15, 0.2) is 24.3 Å². The van der Waals surface area contributed by atoms with E-state index in [2.05, 4.69) is 10.1 Å². The number of halogens is 3. The van der Waals surface area contributed by atoms with Crippen molar-refractivity contribution in [3.63, 3.8) is 0 Å². The van der Waals surface area contributed by atoms with Crippen molar-refractivity contribution in [3.8, 4) is 5.75 Å². The molecule has 0 aromatic heterocycles. The number of nitrogens with two attached hydrogens (primary N) is 1. The summed E-state index contributed by atoms with van der Waals surface area (Å²) in [6, 6.07) is 5.26. The summed E-state index contributed by atoms with van der Waals surface area (Å²) >= 11 is 0. The second-order valence-electron chi connectivity index (χ2n) is 5.88. The number of hydrogen-bond donors (Lipinski definition) is 2. The van der Waals surface area contributed by atoms with Crippen molar-refractivity contribution in [1.82, 2.24) is 5.32 Å². The highest BCUT2D eigenvalue weighted by atomic mass is 19.4. The number of anilines is 1. The first-order chi connectivity index (χ1) is 11.3. The number of amides is 1. The Kier molecular flexibility index (Phi) is 5.93. The van der Waals surface area contributed by atoms with Crippen LogP contribution in [0.2, 0.25) is 0 Å². The summed E-state index contributed by atoms with van der Waals surface area (Å²) in [5.74, 6) is -0.435. The molecule has 1 heterocycles. The molecule has 2 rings (SSSR count). The number of carbonyl (C=O) groups excluding carboxylic acids is 1. The predicted molar refractivity (Wildman–Crippen MR) is 84.8 cm³/mol. The van der Waals surface area contributed by atoms with Gasteiger partial charge in [0.15, 0.2) is 0 Å². The third kappa shape index (κ3) is 5.30. The van der Waals surface area contributed by atoms with Crippen molar-refractivity contribution in [3.05, 3.63) is 24.3 Å². The van der Waals surface area contributed by atoms with E-state index in [1.807, 2.05) is 11.8 Å². The van der Waals surface area contributed by atoms with E-state index in [0.717, 1.165) is 12.8 Å². The summed E-state index contributed by atoms with van der Waals surface area (Å²) < 4.78 is 40.8. The Morgan fingerprint density at radius 1 is 1.50 bits per heavy atom. The fraction of sp³-hybridized carbons (Fsp3) is 0.562. The standard InChI is InChI=1S/C16H22F3N3O2/c1-2-4-14(20)15(23)21-11-7-8-22(10-11)12-5-3-6-13(9-12)24-16(17,18)19/h3,5-6,9,11,14H,2,4,7-8,10,20H2,1H3,(H,21,23). The molecule has 2 atom stereocenters. The Labute approximate surface area is 138 Å². The number of carbonyl (C=O) groups is 1. The monoisotopic (exact) mass is 345 g/mol. The van der Waals surface area contributed by atoms with Crippen molar-refractivity contribution < 1.29 is 22.7 Å². The number of benzene rings is 1. The van der Waals surface area contributed by atoms with Crippen LogP contribution in [0.5, 0.6) is 5.75 Å². The summed E-state index contributed by atoms with van der Waals surface area (Å²) in [7, 11) is 0. The van der Waals surface area contributed by atoms with Crippen LogP contribution in [-0.4, -0.2) is 37.4 Å². The van der Waals surface area contributed by atoms with Crippen LogP contribution in [0.4, 0.5) is 18.9 Å². The van der Waals surface area contributed by atoms with Crippen LogP contribution in [0.3, 0.4) is 0 Å². The molecule has 1 aromatic carbocycles. The second-order valence-corrected chi connectivity index (χ2v) is 5.88. The van der Waals surface area contributed by atoms with Gasteiger partial charge in [-0.05, 0) is 25.0 Å². The lowest BCUT2D eigenvalue weighted by Crippen LogP contribution is -2.46. The first kappa shape index (κ1) is 18.4. The van der Waals surface area contributed by atoms with E-state index >= 15 is 0 Å². The number of nitrogens with zero attached hydrogens (tertiary/aromatic N) is 1. The Morgan fingerprint density at radius 2 is 2.25 bits per heavy atom. The fourth-order valence-electron chi connectivity index (χ4n) is 2.74. The molecule has 2 unspecified atom stereocenters. The highest BCUT2D eigenvalue weighted by Crippen LogP contribution is 2.28. The molecule has 1 fully saturated rings. The molecule has 1 amide bonds. The molecule has 0 spiro atoms. The average molecular weight is 345 g/mol. The molecule has 1 aromatic rings. The number of ether oxygens (including phenoxy) is 1. The lowest BCUT2D eigenvalue weighted by molar-refractivity contribution is -0.274. The van der Waals surface area contributed by atoms with E-state index in [9.17, 15) is 18.0 Å². The summed E-state index contributed by atoms with van der Waals surface area (Å²) in [6.45, 7) is 3.13. The molecule has 0 radical (unpaired) electrons. The van der Waals surface area contributed by atoms with Gasteiger partial charge >= 0.3 is 6.36 Å². The minimum atomic E-state index is -4.71. The van der Waals surface area contributed by atoms with Gasteiger partial charge in [-0.15, -0.1) is 13.2 Å². The van der Waals surface area contributed by atoms with Gasteiger partial charge < -0.3 is 20.7 Å². The predicted octanol–water partition coefficient (Wildman–Crippen LogP) is 2.41. The quantitative estimate of drug-likeness (QED) is 0.831. The number of alkyl halides is 3. The van der Waals surface area contributed by atoms with Gasteiger partial charge in [0, 0.05) is 30.9 Å². The van der Waals surface area contributed by atoms with Gasteiger partial charge in [-0.3, -0.25) is 4.79 Å². The first-order valence-corrected chi connectivity index (χ1v) is 7.95. The van der Waals surface area contributed by atoms with Gasteiger partial charge in [0.25, 0.3) is 0 Å². The minimum absolute atomic E-state index is 0.0624. The van der Waals surface area contributed by atoms with Gasteiger partial charge in [0.1, 0.15) is 5.75 Å².